The zero-order chi connectivity index (χ0) is 22.5. The van der Waals surface area contributed by atoms with E-state index in [1.165, 1.54) is 37.0 Å². The molecule has 3 aromatic rings. The average molecular weight is 457 g/mol. The van der Waals surface area contributed by atoms with Gasteiger partial charge in [0.15, 0.2) is 0 Å². The van der Waals surface area contributed by atoms with Gasteiger partial charge in [-0.15, -0.1) is 5.10 Å². The summed E-state index contributed by atoms with van der Waals surface area (Å²) in [6.45, 7) is 3.87. The first-order valence-corrected chi connectivity index (χ1v) is 11.8. The van der Waals surface area contributed by atoms with Gasteiger partial charge in [0.2, 0.25) is 0 Å². The number of aromatic nitrogens is 3. The van der Waals surface area contributed by atoms with Gasteiger partial charge in [-0.2, -0.15) is 0 Å². The van der Waals surface area contributed by atoms with Crippen molar-refractivity contribution in [2.24, 2.45) is 0 Å². The molecule has 0 bridgehead atoms. The van der Waals surface area contributed by atoms with Gasteiger partial charge >= 0.3 is 0 Å². The van der Waals surface area contributed by atoms with E-state index in [9.17, 15) is 9.50 Å². The van der Waals surface area contributed by atoms with Gasteiger partial charge in [-0.25, -0.2) is 9.07 Å². The predicted octanol–water partition coefficient (Wildman–Crippen LogP) is 5.67. The lowest BCUT2D eigenvalue weighted by Crippen LogP contribution is -2.46. The number of hydrogen-bond acceptors (Lipinski definition) is 4. The SMILES string of the molecule is CCCCCCN1C[C@@H](n2cc(-c3ccc(F)cc3)nn2)[C@H](O)C[C@@H]1c1ccc(Cl)cc1. The Bertz CT molecular complexity index is 992. The van der Waals surface area contributed by atoms with Crippen LogP contribution in [0.25, 0.3) is 11.3 Å². The van der Waals surface area contributed by atoms with Crippen LogP contribution in [0.3, 0.4) is 0 Å². The average Bonchev–Trinajstić information content (AvgIpc) is 3.28. The molecule has 2 aromatic carbocycles. The van der Waals surface area contributed by atoms with Crippen molar-refractivity contribution in [2.45, 2.75) is 57.2 Å². The third kappa shape index (κ3) is 5.37. The van der Waals surface area contributed by atoms with Crippen LogP contribution in [0.4, 0.5) is 4.39 Å². The molecule has 0 unspecified atom stereocenters. The molecule has 0 radical (unpaired) electrons. The van der Waals surface area contributed by atoms with Crippen molar-refractivity contribution < 1.29 is 9.50 Å². The van der Waals surface area contributed by atoms with Crippen molar-refractivity contribution in [3.63, 3.8) is 0 Å². The summed E-state index contributed by atoms with van der Waals surface area (Å²) in [5, 5.41) is 20.4. The molecule has 0 aliphatic carbocycles. The molecule has 1 N–H and O–H groups in total. The first-order valence-electron chi connectivity index (χ1n) is 11.4. The highest BCUT2D eigenvalue weighted by Gasteiger charge is 2.36. The maximum atomic E-state index is 13.3. The van der Waals surface area contributed by atoms with Crippen LogP contribution in [0.5, 0.6) is 0 Å². The Morgan fingerprint density at radius 3 is 2.53 bits per heavy atom. The third-order valence-corrected chi connectivity index (χ3v) is 6.57. The molecule has 0 amide bonds. The minimum absolute atomic E-state index is 0.139. The van der Waals surface area contributed by atoms with Crippen LogP contribution in [0.15, 0.2) is 54.7 Å². The maximum Gasteiger partial charge on any atom is 0.123 e. The number of likely N-dealkylation sites (tertiary alicyclic amines) is 1. The Balaban J connectivity index is 1.53. The van der Waals surface area contributed by atoms with Gasteiger partial charge < -0.3 is 5.11 Å². The highest BCUT2D eigenvalue weighted by Crippen LogP contribution is 2.36. The molecule has 1 fully saturated rings. The molecule has 5 nitrogen and oxygen atoms in total. The normalized spacial score (nSPS) is 21.7. The van der Waals surface area contributed by atoms with E-state index in [0.29, 0.717) is 23.7 Å². The molecule has 170 valence electrons. The standard InChI is InChI=1S/C25H30ClFN4O/c1-2-3-4-5-14-30-17-24(25(32)15-23(30)19-6-10-20(26)11-7-19)31-16-22(28-29-31)18-8-12-21(27)13-9-18/h6-13,16,23-25,32H,2-5,14-15,17H2,1H3/t23-,24-,25-/m1/s1. The number of aliphatic hydroxyl groups excluding tert-OH is 1. The summed E-state index contributed by atoms with van der Waals surface area (Å²) in [6.07, 6.45) is 6.67. The number of benzene rings is 2. The van der Waals surface area contributed by atoms with E-state index in [0.717, 1.165) is 18.5 Å². The van der Waals surface area contributed by atoms with Crippen molar-refractivity contribution >= 4 is 11.6 Å². The second-order valence-corrected chi connectivity index (χ2v) is 9.02. The fraction of sp³-hybridized carbons (Fsp3) is 0.440. The highest BCUT2D eigenvalue weighted by molar-refractivity contribution is 6.30. The van der Waals surface area contributed by atoms with Gasteiger partial charge in [0.05, 0.1) is 18.3 Å². The Labute approximate surface area is 193 Å². The number of piperidine rings is 1. The summed E-state index contributed by atoms with van der Waals surface area (Å²) in [7, 11) is 0. The molecule has 7 heteroatoms. The minimum Gasteiger partial charge on any atom is -0.391 e. The lowest BCUT2D eigenvalue weighted by Gasteiger charge is -2.42. The van der Waals surface area contributed by atoms with Gasteiger partial charge in [0, 0.05) is 23.2 Å². The van der Waals surface area contributed by atoms with Gasteiger partial charge in [-0.3, -0.25) is 4.90 Å². The van der Waals surface area contributed by atoms with Gasteiger partial charge in [-0.1, -0.05) is 55.1 Å². The predicted molar refractivity (Wildman–Crippen MR) is 125 cm³/mol. The molecule has 1 aliphatic heterocycles. The van der Waals surface area contributed by atoms with Crippen molar-refractivity contribution in [1.82, 2.24) is 19.9 Å². The Kier molecular flexibility index (Phi) is 7.55. The Morgan fingerprint density at radius 2 is 1.81 bits per heavy atom. The number of aliphatic hydroxyl groups is 1. The van der Waals surface area contributed by atoms with E-state index in [2.05, 4.69) is 34.3 Å². The molecule has 1 aromatic heterocycles. The highest BCUT2D eigenvalue weighted by atomic mass is 35.5. The van der Waals surface area contributed by atoms with E-state index in [-0.39, 0.29) is 17.9 Å². The van der Waals surface area contributed by atoms with Gasteiger partial charge in [0.25, 0.3) is 0 Å². The number of unbranched alkanes of at least 4 members (excludes halogenated alkanes) is 3. The quantitative estimate of drug-likeness (QED) is 0.444. The zero-order valence-electron chi connectivity index (χ0n) is 18.4. The molecule has 4 rings (SSSR count). The van der Waals surface area contributed by atoms with Gasteiger partial charge in [-0.05, 0) is 61.3 Å². The second kappa shape index (κ2) is 10.6. The first kappa shape index (κ1) is 22.9. The molecule has 2 heterocycles. The summed E-state index contributed by atoms with van der Waals surface area (Å²) in [5.74, 6) is -0.282. The van der Waals surface area contributed by atoms with Crippen LogP contribution >= 0.6 is 11.6 Å². The topological polar surface area (TPSA) is 54.2 Å². The lowest BCUT2D eigenvalue weighted by molar-refractivity contribution is -0.00774. The molecule has 3 atom stereocenters. The van der Waals surface area contributed by atoms with Crippen LogP contribution in [-0.4, -0.2) is 44.2 Å². The number of nitrogens with zero attached hydrogens (tertiary/aromatic N) is 4. The largest absolute Gasteiger partial charge is 0.391 e. The lowest BCUT2D eigenvalue weighted by atomic mass is 9.90. The molecule has 0 saturated carbocycles. The summed E-state index contributed by atoms with van der Waals surface area (Å²) in [5.41, 5.74) is 2.65. The zero-order valence-corrected chi connectivity index (χ0v) is 19.1. The molecule has 32 heavy (non-hydrogen) atoms. The maximum absolute atomic E-state index is 13.3. The van der Waals surface area contributed by atoms with Crippen LogP contribution in [0, 0.1) is 5.82 Å². The van der Waals surface area contributed by atoms with Crippen molar-refractivity contribution in [3.8, 4) is 11.3 Å². The fourth-order valence-electron chi connectivity index (χ4n) is 4.50. The summed E-state index contributed by atoms with van der Waals surface area (Å²) < 4.78 is 15.0. The monoisotopic (exact) mass is 456 g/mol. The Hall–Kier alpha value is -2.28. The minimum atomic E-state index is -0.551. The molecular weight excluding hydrogens is 427 g/mol. The van der Waals surface area contributed by atoms with E-state index in [4.69, 9.17) is 11.6 Å². The van der Waals surface area contributed by atoms with Crippen molar-refractivity contribution in [1.29, 1.82) is 0 Å². The van der Waals surface area contributed by atoms with E-state index in [1.807, 2.05) is 18.3 Å². The number of hydrogen-bond donors (Lipinski definition) is 1. The van der Waals surface area contributed by atoms with Crippen LogP contribution < -0.4 is 0 Å². The Morgan fingerprint density at radius 1 is 1.06 bits per heavy atom. The second-order valence-electron chi connectivity index (χ2n) is 8.58. The summed E-state index contributed by atoms with van der Waals surface area (Å²) in [6, 6.07) is 14.1. The van der Waals surface area contributed by atoms with E-state index in [1.54, 1.807) is 16.8 Å². The first-order chi connectivity index (χ1) is 15.5. The van der Waals surface area contributed by atoms with Gasteiger partial charge in [0.1, 0.15) is 11.5 Å². The van der Waals surface area contributed by atoms with Crippen molar-refractivity contribution in [3.05, 3.63) is 71.1 Å². The third-order valence-electron chi connectivity index (χ3n) is 6.31. The summed E-state index contributed by atoms with van der Waals surface area (Å²) in [4.78, 5) is 2.45. The van der Waals surface area contributed by atoms with Crippen LogP contribution in [0.2, 0.25) is 5.02 Å². The fourth-order valence-corrected chi connectivity index (χ4v) is 4.62. The molecule has 1 aliphatic rings. The molecule has 0 spiro atoms. The smallest absolute Gasteiger partial charge is 0.123 e. The number of rotatable bonds is 8. The summed E-state index contributed by atoms with van der Waals surface area (Å²) >= 11 is 6.10. The van der Waals surface area contributed by atoms with Crippen LogP contribution in [-0.2, 0) is 0 Å². The van der Waals surface area contributed by atoms with Crippen LogP contribution in [0.1, 0.15) is 56.7 Å². The molecule has 1 saturated heterocycles. The number of halogens is 2. The van der Waals surface area contributed by atoms with E-state index >= 15 is 0 Å². The molecular formula is C25H30ClFN4O. The van der Waals surface area contributed by atoms with E-state index < -0.39 is 6.10 Å². The van der Waals surface area contributed by atoms with Crippen molar-refractivity contribution in [2.75, 3.05) is 13.1 Å².